The number of hydrogen-bond donors (Lipinski definition) is 1. The fourth-order valence-electron chi connectivity index (χ4n) is 3.23. The van der Waals surface area contributed by atoms with Crippen molar-refractivity contribution >= 4 is 5.91 Å². The van der Waals surface area contributed by atoms with Crippen LogP contribution in [-0.4, -0.2) is 42.1 Å². The third kappa shape index (κ3) is 2.86. The van der Waals surface area contributed by atoms with Crippen molar-refractivity contribution in [2.45, 2.75) is 58.2 Å². The van der Waals surface area contributed by atoms with Gasteiger partial charge in [0, 0.05) is 18.5 Å². The monoisotopic (exact) mass is 254 g/mol. The first kappa shape index (κ1) is 13.8. The lowest BCUT2D eigenvalue weighted by molar-refractivity contribution is -0.150. The van der Waals surface area contributed by atoms with Gasteiger partial charge in [0.25, 0.3) is 0 Å². The van der Waals surface area contributed by atoms with Crippen molar-refractivity contribution in [1.82, 2.24) is 4.90 Å². The number of ether oxygens (including phenoxy) is 1. The zero-order chi connectivity index (χ0) is 13.3. The van der Waals surface area contributed by atoms with E-state index >= 15 is 0 Å². The first-order valence-electron chi connectivity index (χ1n) is 7.16. The van der Waals surface area contributed by atoms with Crippen molar-refractivity contribution in [3.63, 3.8) is 0 Å². The van der Waals surface area contributed by atoms with E-state index in [0.717, 1.165) is 25.8 Å². The average molecular weight is 254 g/mol. The van der Waals surface area contributed by atoms with E-state index in [-0.39, 0.29) is 24.1 Å². The van der Waals surface area contributed by atoms with Crippen molar-refractivity contribution < 1.29 is 9.53 Å². The second-order valence-electron chi connectivity index (χ2n) is 6.14. The Bertz CT molecular complexity index is 308. The van der Waals surface area contributed by atoms with E-state index in [9.17, 15) is 4.79 Å². The van der Waals surface area contributed by atoms with Gasteiger partial charge in [0.15, 0.2) is 0 Å². The molecule has 0 spiro atoms. The van der Waals surface area contributed by atoms with Crippen LogP contribution in [0.4, 0.5) is 0 Å². The molecule has 5 unspecified atom stereocenters. The van der Waals surface area contributed by atoms with Crippen LogP contribution in [0.25, 0.3) is 0 Å². The summed E-state index contributed by atoms with van der Waals surface area (Å²) in [7, 11) is 0. The summed E-state index contributed by atoms with van der Waals surface area (Å²) >= 11 is 0. The summed E-state index contributed by atoms with van der Waals surface area (Å²) in [5.74, 6) is 0.890. The lowest BCUT2D eigenvalue weighted by Crippen LogP contribution is -2.53. The van der Waals surface area contributed by atoms with Gasteiger partial charge in [-0.05, 0) is 39.0 Å². The Kier molecular flexibility index (Phi) is 4.28. The fraction of sp³-hybridized carbons (Fsp3) is 0.929. The zero-order valence-corrected chi connectivity index (χ0v) is 11.8. The van der Waals surface area contributed by atoms with Gasteiger partial charge in [-0.1, -0.05) is 6.92 Å². The molecule has 2 aliphatic rings. The van der Waals surface area contributed by atoms with Crippen LogP contribution in [0.5, 0.6) is 0 Å². The number of carbonyl (C=O) groups is 1. The molecular weight excluding hydrogens is 228 g/mol. The van der Waals surface area contributed by atoms with Gasteiger partial charge in [0.05, 0.1) is 18.8 Å². The molecule has 4 nitrogen and oxygen atoms in total. The van der Waals surface area contributed by atoms with E-state index in [2.05, 4.69) is 13.8 Å². The number of amides is 1. The maximum Gasteiger partial charge on any atom is 0.226 e. The predicted molar refractivity (Wildman–Crippen MR) is 71.1 cm³/mol. The molecule has 2 rings (SSSR count). The minimum Gasteiger partial charge on any atom is -0.375 e. The van der Waals surface area contributed by atoms with Crippen LogP contribution in [0.1, 0.15) is 40.0 Å². The highest BCUT2D eigenvalue weighted by molar-refractivity contribution is 5.79. The molecule has 1 saturated heterocycles. The Morgan fingerprint density at radius 1 is 1.28 bits per heavy atom. The van der Waals surface area contributed by atoms with Crippen molar-refractivity contribution in [3.05, 3.63) is 0 Å². The van der Waals surface area contributed by atoms with Crippen LogP contribution >= 0.6 is 0 Å². The largest absolute Gasteiger partial charge is 0.375 e. The highest BCUT2D eigenvalue weighted by atomic mass is 16.5. The van der Waals surface area contributed by atoms with Crippen LogP contribution in [-0.2, 0) is 9.53 Å². The molecule has 18 heavy (non-hydrogen) atoms. The van der Waals surface area contributed by atoms with Gasteiger partial charge in [-0.25, -0.2) is 0 Å². The van der Waals surface area contributed by atoms with Crippen molar-refractivity contribution in [3.8, 4) is 0 Å². The lowest BCUT2D eigenvalue weighted by atomic mass is 9.77. The Morgan fingerprint density at radius 2 is 2.00 bits per heavy atom. The molecule has 4 heteroatoms. The number of carbonyl (C=O) groups excluding carboxylic acids is 1. The Balaban J connectivity index is 2.01. The van der Waals surface area contributed by atoms with Crippen LogP contribution in [0.2, 0.25) is 0 Å². The maximum absolute atomic E-state index is 12.7. The Morgan fingerprint density at radius 3 is 2.67 bits per heavy atom. The standard InChI is InChI=1S/C14H26N2O2/c1-9-6-12(15)4-5-13(9)14(17)16-7-11(3)18-8-10(16)2/h9-13H,4-8,15H2,1-3H3. The third-order valence-corrected chi connectivity index (χ3v) is 4.42. The highest BCUT2D eigenvalue weighted by Crippen LogP contribution is 2.31. The quantitative estimate of drug-likeness (QED) is 0.769. The second kappa shape index (κ2) is 5.57. The number of nitrogens with two attached hydrogens (primary N) is 1. The fourth-order valence-corrected chi connectivity index (χ4v) is 3.23. The molecule has 0 radical (unpaired) electrons. The van der Waals surface area contributed by atoms with Crippen LogP contribution in [0, 0.1) is 11.8 Å². The molecule has 0 aromatic carbocycles. The average Bonchev–Trinajstić information content (AvgIpc) is 2.31. The number of hydrogen-bond acceptors (Lipinski definition) is 3. The molecule has 2 N–H and O–H groups in total. The molecule has 1 aliphatic carbocycles. The Labute approximate surface area is 110 Å². The zero-order valence-electron chi connectivity index (χ0n) is 11.8. The summed E-state index contributed by atoms with van der Waals surface area (Å²) in [6.45, 7) is 7.66. The molecule has 1 heterocycles. The molecule has 1 amide bonds. The predicted octanol–water partition coefficient (Wildman–Crippen LogP) is 1.39. The lowest BCUT2D eigenvalue weighted by Gasteiger charge is -2.41. The summed E-state index contributed by atoms with van der Waals surface area (Å²) in [5.41, 5.74) is 5.97. The first-order chi connectivity index (χ1) is 8.49. The summed E-state index contributed by atoms with van der Waals surface area (Å²) in [6, 6.07) is 0.488. The molecule has 0 aromatic rings. The molecule has 1 aliphatic heterocycles. The highest BCUT2D eigenvalue weighted by Gasteiger charge is 2.37. The van der Waals surface area contributed by atoms with Gasteiger partial charge < -0.3 is 15.4 Å². The van der Waals surface area contributed by atoms with Gasteiger partial charge in [-0.3, -0.25) is 4.79 Å². The third-order valence-electron chi connectivity index (χ3n) is 4.42. The summed E-state index contributed by atoms with van der Waals surface area (Å²) < 4.78 is 5.59. The molecular formula is C14H26N2O2. The summed E-state index contributed by atoms with van der Waals surface area (Å²) in [5, 5.41) is 0. The number of rotatable bonds is 1. The van der Waals surface area contributed by atoms with Crippen LogP contribution < -0.4 is 5.73 Å². The van der Waals surface area contributed by atoms with Crippen LogP contribution in [0.3, 0.4) is 0 Å². The topological polar surface area (TPSA) is 55.6 Å². The molecule has 104 valence electrons. The maximum atomic E-state index is 12.7. The Hall–Kier alpha value is -0.610. The number of nitrogens with zero attached hydrogens (tertiary/aromatic N) is 1. The van der Waals surface area contributed by atoms with Gasteiger partial charge in [-0.15, -0.1) is 0 Å². The molecule has 0 aromatic heterocycles. The first-order valence-corrected chi connectivity index (χ1v) is 7.16. The van der Waals surface area contributed by atoms with Crippen molar-refractivity contribution in [2.75, 3.05) is 13.2 Å². The molecule has 2 fully saturated rings. The SMILES string of the molecule is CC1CN(C(=O)C2CCC(N)CC2C)C(C)CO1. The van der Waals surface area contributed by atoms with E-state index in [1.165, 1.54) is 0 Å². The second-order valence-corrected chi connectivity index (χ2v) is 6.14. The van der Waals surface area contributed by atoms with Crippen molar-refractivity contribution in [1.29, 1.82) is 0 Å². The minimum atomic E-state index is 0.159. The molecule has 0 bridgehead atoms. The van der Waals surface area contributed by atoms with Gasteiger partial charge in [-0.2, -0.15) is 0 Å². The molecule has 5 atom stereocenters. The van der Waals surface area contributed by atoms with E-state index < -0.39 is 0 Å². The van der Waals surface area contributed by atoms with Gasteiger partial charge in [0.2, 0.25) is 5.91 Å². The molecule has 1 saturated carbocycles. The van der Waals surface area contributed by atoms with E-state index in [1.54, 1.807) is 0 Å². The normalized spacial score (nSPS) is 41.8. The smallest absolute Gasteiger partial charge is 0.226 e. The van der Waals surface area contributed by atoms with E-state index in [0.29, 0.717) is 18.4 Å². The van der Waals surface area contributed by atoms with E-state index in [4.69, 9.17) is 10.5 Å². The van der Waals surface area contributed by atoms with Crippen LogP contribution in [0.15, 0.2) is 0 Å². The number of morpholine rings is 1. The summed E-state index contributed by atoms with van der Waals surface area (Å²) in [4.78, 5) is 14.7. The van der Waals surface area contributed by atoms with Crippen molar-refractivity contribution in [2.24, 2.45) is 17.6 Å². The minimum absolute atomic E-state index is 0.159. The van der Waals surface area contributed by atoms with E-state index in [1.807, 2.05) is 11.8 Å². The van der Waals surface area contributed by atoms with Gasteiger partial charge in [0.1, 0.15) is 0 Å². The summed E-state index contributed by atoms with van der Waals surface area (Å²) in [6.07, 6.45) is 3.06. The van der Waals surface area contributed by atoms with Gasteiger partial charge >= 0.3 is 0 Å².